The van der Waals surface area contributed by atoms with Gasteiger partial charge >= 0.3 is 5.97 Å². The van der Waals surface area contributed by atoms with Crippen LogP contribution in [0.4, 0.5) is 4.39 Å². The number of hydrogen-bond acceptors (Lipinski definition) is 7. The van der Waals surface area contributed by atoms with Crippen LogP contribution < -0.4 is 0 Å². The van der Waals surface area contributed by atoms with E-state index in [9.17, 15) is 9.90 Å². The van der Waals surface area contributed by atoms with Crippen molar-refractivity contribution in [3.8, 4) is 0 Å². The predicted molar refractivity (Wildman–Crippen MR) is 147 cm³/mol. The number of rotatable bonds is 13. The SMILES string of the molecule is CC(C)OC(=O)C(F)[C@H]1O[C@H](COCc2ccccc2)[C@H](OCc2ccccc2)[C@H](OCc2ccccc2)[C@H]1O. The number of aliphatic hydroxyl groups is 1. The molecule has 1 aliphatic heterocycles. The molecule has 0 radical (unpaired) electrons. The van der Waals surface area contributed by atoms with Gasteiger partial charge in [0.2, 0.25) is 6.17 Å². The summed E-state index contributed by atoms with van der Waals surface area (Å²) in [7, 11) is 0. The van der Waals surface area contributed by atoms with Crippen LogP contribution in [0.25, 0.3) is 0 Å². The third-order valence-corrected chi connectivity index (χ3v) is 6.53. The number of benzene rings is 3. The average molecular weight is 553 g/mol. The van der Waals surface area contributed by atoms with Crippen molar-refractivity contribution in [1.82, 2.24) is 0 Å². The summed E-state index contributed by atoms with van der Waals surface area (Å²) in [5.74, 6) is -1.10. The first-order chi connectivity index (χ1) is 19.4. The molecule has 6 atom stereocenters. The first-order valence-corrected chi connectivity index (χ1v) is 13.5. The van der Waals surface area contributed by atoms with Crippen LogP contribution in [0, 0.1) is 0 Å². The fourth-order valence-corrected chi connectivity index (χ4v) is 4.56. The summed E-state index contributed by atoms with van der Waals surface area (Å²) in [6.45, 7) is 3.93. The van der Waals surface area contributed by atoms with Crippen molar-refractivity contribution < 1.29 is 38.0 Å². The number of carbonyl (C=O) groups excluding carboxylic acids is 1. The second kappa shape index (κ2) is 15.0. The highest BCUT2D eigenvalue weighted by Crippen LogP contribution is 2.31. The van der Waals surface area contributed by atoms with Gasteiger partial charge in [0.15, 0.2) is 0 Å². The first kappa shape index (κ1) is 29.8. The zero-order chi connectivity index (χ0) is 28.3. The zero-order valence-electron chi connectivity index (χ0n) is 22.8. The largest absolute Gasteiger partial charge is 0.461 e. The minimum atomic E-state index is -2.23. The molecule has 0 amide bonds. The summed E-state index contributed by atoms with van der Waals surface area (Å²) < 4.78 is 45.0. The molecule has 0 bridgehead atoms. The summed E-state index contributed by atoms with van der Waals surface area (Å²) in [6.07, 6.45) is -8.47. The molecule has 1 saturated heterocycles. The Kier molecular flexibility index (Phi) is 11.2. The van der Waals surface area contributed by atoms with Crippen LogP contribution >= 0.6 is 0 Å². The second-order valence-electron chi connectivity index (χ2n) is 10.0. The van der Waals surface area contributed by atoms with E-state index in [0.717, 1.165) is 16.7 Å². The van der Waals surface area contributed by atoms with Crippen molar-refractivity contribution in [3.05, 3.63) is 108 Å². The van der Waals surface area contributed by atoms with E-state index in [4.69, 9.17) is 23.7 Å². The Morgan fingerprint density at radius 1 is 0.800 bits per heavy atom. The summed E-state index contributed by atoms with van der Waals surface area (Å²) in [6, 6.07) is 28.6. The van der Waals surface area contributed by atoms with E-state index in [1.807, 2.05) is 91.0 Å². The highest BCUT2D eigenvalue weighted by Gasteiger charge is 2.51. The van der Waals surface area contributed by atoms with E-state index in [-0.39, 0.29) is 19.8 Å². The van der Waals surface area contributed by atoms with Crippen LogP contribution in [0.5, 0.6) is 0 Å². The molecule has 214 valence electrons. The fraction of sp³-hybridized carbons (Fsp3) is 0.406. The van der Waals surface area contributed by atoms with Gasteiger partial charge in [-0.1, -0.05) is 91.0 Å². The molecule has 1 N–H and O–H groups in total. The van der Waals surface area contributed by atoms with E-state index >= 15 is 4.39 Å². The van der Waals surface area contributed by atoms with Gasteiger partial charge in [-0.05, 0) is 30.5 Å². The molecule has 8 heteroatoms. The maximum absolute atomic E-state index is 15.5. The molecule has 40 heavy (non-hydrogen) atoms. The van der Waals surface area contributed by atoms with Crippen LogP contribution in [0.3, 0.4) is 0 Å². The topological polar surface area (TPSA) is 83.5 Å². The van der Waals surface area contributed by atoms with Crippen LogP contribution in [-0.2, 0) is 48.3 Å². The van der Waals surface area contributed by atoms with Crippen LogP contribution in [0.1, 0.15) is 30.5 Å². The first-order valence-electron chi connectivity index (χ1n) is 13.5. The van der Waals surface area contributed by atoms with Crippen LogP contribution in [0.2, 0.25) is 0 Å². The molecule has 0 saturated carbocycles. The molecular formula is C32H37FO7. The van der Waals surface area contributed by atoms with Crippen molar-refractivity contribution in [2.75, 3.05) is 6.61 Å². The van der Waals surface area contributed by atoms with Crippen LogP contribution in [-0.4, -0.2) is 60.5 Å². The lowest BCUT2D eigenvalue weighted by atomic mass is 9.92. The van der Waals surface area contributed by atoms with E-state index in [0.29, 0.717) is 6.61 Å². The van der Waals surface area contributed by atoms with Crippen LogP contribution in [0.15, 0.2) is 91.0 Å². The molecule has 1 fully saturated rings. The third kappa shape index (κ3) is 8.43. The fourth-order valence-electron chi connectivity index (χ4n) is 4.56. The number of halogens is 1. The number of esters is 1. The molecular weight excluding hydrogens is 515 g/mol. The highest BCUT2D eigenvalue weighted by molar-refractivity contribution is 5.75. The van der Waals surface area contributed by atoms with Gasteiger partial charge in [-0.25, -0.2) is 9.18 Å². The molecule has 1 aliphatic rings. The number of alkyl halides is 1. The highest BCUT2D eigenvalue weighted by atomic mass is 19.1. The number of hydrogen-bond donors (Lipinski definition) is 1. The van der Waals surface area contributed by atoms with Crippen molar-refractivity contribution in [3.63, 3.8) is 0 Å². The average Bonchev–Trinajstić information content (AvgIpc) is 2.97. The Bertz CT molecular complexity index is 1150. The summed E-state index contributed by atoms with van der Waals surface area (Å²) in [5, 5.41) is 11.3. The Balaban J connectivity index is 1.57. The molecule has 0 aromatic heterocycles. The minimum absolute atomic E-state index is 0.0225. The number of aliphatic hydroxyl groups excluding tert-OH is 1. The maximum atomic E-state index is 15.5. The zero-order valence-corrected chi connectivity index (χ0v) is 22.8. The van der Waals surface area contributed by atoms with E-state index < -0.39 is 48.8 Å². The molecule has 3 aromatic rings. The molecule has 1 unspecified atom stereocenters. The van der Waals surface area contributed by atoms with Gasteiger partial charge in [0.05, 0.1) is 32.5 Å². The summed E-state index contributed by atoms with van der Waals surface area (Å²) >= 11 is 0. The van der Waals surface area contributed by atoms with Crippen molar-refractivity contribution in [2.45, 2.75) is 76.5 Å². The summed E-state index contributed by atoms with van der Waals surface area (Å²) in [4.78, 5) is 12.5. The maximum Gasteiger partial charge on any atom is 0.343 e. The van der Waals surface area contributed by atoms with Gasteiger partial charge in [-0.3, -0.25) is 0 Å². The van der Waals surface area contributed by atoms with E-state index in [2.05, 4.69) is 0 Å². The lowest BCUT2D eigenvalue weighted by molar-refractivity contribution is -0.271. The van der Waals surface area contributed by atoms with Crippen molar-refractivity contribution in [2.24, 2.45) is 0 Å². The Morgan fingerprint density at radius 2 is 1.27 bits per heavy atom. The van der Waals surface area contributed by atoms with E-state index in [1.54, 1.807) is 13.8 Å². The van der Waals surface area contributed by atoms with Gasteiger partial charge in [0.25, 0.3) is 0 Å². The quantitative estimate of drug-likeness (QED) is 0.305. The molecule has 0 aliphatic carbocycles. The molecule has 4 rings (SSSR count). The standard InChI is InChI=1S/C32H37FO7/c1-22(2)39-32(35)27(33)30-28(34)31(38-20-25-16-10-5-11-17-25)29(37-19-24-14-8-4-9-15-24)26(40-30)21-36-18-23-12-6-3-7-13-23/h3-17,22,26-31,34H,18-21H2,1-2H3/t26-,27?,28+,29+,30-,31-/m1/s1. The van der Waals surface area contributed by atoms with Gasteiger partial charge in [0.1, 0.15) is 30.5 Å². The number of carbonyl (C=O) groups is 1. The van der Waals surface area contributed by atoms with Gasteiger partial charge in [-0.2, -0.15) is 0 Å². The lowest BCUT2D eigenvalue weighted by Gasteiger charge is -2.45. The smallest absolute Gasteiger partial charge is 0.343 e. The monoisotopic (exact) mass is 552 g/mol. The van der Waals surface area contributed by atoms with Crippen molar-refractivity contribution in [1.29, 1.82) is 0 Å². The van der Waals surface area contributed by atoms with E-state index in [1.165, 1.54) is 0 Å². The minimum Gasteiger partial charge on any atom is -0.461 e. The Labute approximate surface area is 234 Å². The second-order valence-corrected chi connectivity index (χ2v) is 10.0. The normalized spacial score (nSPS) is 23.6. The van der Waals surface area contributed by atoms with Gasteiger partial charge in [-0.15, -0.1) is 0 Å². The lowest BCUT2D eigenvalue weighted by Crippen LogP contribution is -2.63. The molecule has 0 spiro atoms. The number of ether oxygens (including phenoxy) is 5. The Morgan fingerprint density at radius 3 is 1.77 bits per heavy atom. The molecule has 7 nitrogen and oxygen atoms in total. The Hall–Kier alpha value is -3.14. The van der Waals surface area contributed by atoms with Gasteiger partial charge in [0, 0.05) is 0 Å². The molecule has 1 heterocycles. The molecule has 3 aromatic carbocycles. The third-order valence-electron chi connectivity index (χ3n) is 6.53. The predicted octanol–water partition coefficient (Wildman–Crippen LogP) is 4.79. The van der Waals surface area contributed by atoms with Crippen molar-refractivity contribution >= 4 is 5.97 Å². The summed E-state index contributed by atoms with van der Waals surface area (Å²) in [5.41, 5.74) is 2.73. The van der Waals surface area contributed by atoms with Gasteiger partial charge < -0.3 is 28.8 Å².